The lowest BCUT2D eigenvalue weighted by Crippen LogP contribution is -2.24. The second-order valence-corrected chi connectivity index (χ2v) is 14.7. The van der Waals surface area contributed by atoms with Crippen molar-refractivity contribution in [3.05, 3.63) is 0 Å². The van der Waals surface area contributed by atoms with Gasteiger partial charge in [0.1, 0.15) is 12.2 Å². The van der Waals surface area contributed by atoms with Crippen LogP contribution in [0.4, 0.5) is 0 Å². The Morgan fingerprint density at radius 3 is 0.877 bits per heavy atom. The van der Waals surface area contributed by atoms with Gasteiger partial charge < -0.3 is 56.8 Å². The zero-order valence-corrected chi connectivity index (χ0v) is 36.7. The van der Waals surface area contributed by atoms with E-state index in [1.54, 1.807) is 0 Å². The number of carbonyl (C=O) groups is 2. The zero-order chi connectivity index (χ0) is 41.6. The van der Waals surface area contributed by atoms with Gasteiger partial charge >= 0.3 is 11.9 Å². The number of unbranched alkanes of at least 4 members (excludes halogenated alkanes) is 12. The molecule has 0 amide bonds. The molecule has 0 aliphatic carbocycles. The molecular weight excluding hydrogens is 740 g/mol. The second-order valence-electron chi connectivity index (χ2n) is 14.7. The van der Waals surface area contributed by atoms with Gasteiger partial charge in [0, 0.05) is 6.42 Å². The van der Waals surface area contributed by atoms with Gasteiger partial charge in [0.15, 0.2) is 0 Å². The molecule has 57 heavy (non-hydrogen) atoms. The van der Waals surface area contributed by atoms with Crippen LogP contribution < -0.4 is 0 Å². The third-order valence-electron chi connectivity index (χ3n) is 8.19. The van der Waals surface area contributed by atoms with Crippen molar-refractivity contribution in [2.45, 2.75) is 130 Å². The third-order valence-corrected chi connectivity index (χ3v) is 8.19. The minimum atomic E-state index is -0.477. The predicted octanol–water partition coefficient (Wildman–Crippen LogP) is 6.91. The van der Waals surface area contributed by atoms with Gasteiger partial charge in [0.05, 0.1) is 139 Å². The van der Waals surface area contributed by atoms with Gasteiger partial charge in [-0.1, -0.05) is 84.0 Å². The molecule has 340 valence electrons. The van der Waals surface area contributed by atoms with Crippen LogP contribution in [0.25, 0.3) is 0 Å². The zero-order valence-electron chi connectivity index (χ0n) is 36.7. The van der Waals surface area contributed by atoms with Crippen molar-refractivity contribution in [2.24, 2.45) is 0 Å². The molecule has 14 heteroatoms. The van der Waals surface area contributed by atoms with Crippen LogP contribution in [-0.4, -0.2) is 156 Å². The van der Waals surface area contributed by atoms with Crippen molar-refractivity contribution in [3.8, 4) is 0 Å². The molecule has 0 rings (SSSR count). The number of esters is 2. The van der Waals surface area contributed by atoms with Gasteiger partial charge in [0.25, 0.3) is 0 Å². The number of carbonyl (C=O) groups excluding carboxylic acids is 2. The van der Waals surface area contributed by atoms with Crippen molar-refractivity contribution < 1.29 is 66.4 Å². The molecule has 0 atom stereocenters. The minimum absolute atomic E-state index is 0.135. The Morgan fingerprint density at radius 1 is 0.316 bits per heavy atom. The van der Waals surface area contributed by atoms with Crippen LogP contribution in [0.15, 0.2) is 0 Å². The molecule has 0 aliphatic rings. The predicted molar refractivity (Wildman–Crippen MR) is 220 cm³/mol. The van der Waals surface area contributed by atoms with E-state index in [0.717, 1.165) is 12.8 Å². The van der Waals surface area contributed by atoms with Crippen LogP contribution in [-0.2, 0) is 66.4 Å². The standard InChI is InChI=1S/C43H84O14/c1-5-6-7-8-9-10-11-12-13-14-15-16-17-18-41(44)56-40-39-55-38-37-54-36-35-53-34-33-52-32-31-51-30-29-50-28-27-49-26-25-48-24-23-47-22-21-46-20-19-42(45)57-43(2,3)4/h5-40H2,1-4H3. The van der Waals surface area contributed by atoms with Crippen molar-refractivity contribution in [3.63, 3.8) is 0 Å². The van der Waals surface area contributed by atoms with Gasteiger partial charge in [-0.2, -0.15) is 0 Å². The van der Waals surface area contributed by atoms with Crippen LogP contribution in [0, 0.1) is 0 Å². The normalized spacial score (nSPS) is 11.7. The molecular formula is C43H84O14. The van der Waals surface area contributed by atoms with Crippen molar-refractivity contribution in [2.75, 3.05) is 139 Å². The third kappa shape index (κ3) is 50.6. The molecule has 0 aromatic heterocycles. The Bertz CT molecular complexity index is 826. The van der Waals surface area contributed by atoms with E-state index in [1.165, 1.54) is 70.6 Å². The highest BCUT2D eigenvalue weighted by atomic mass is 16.6. The average molecular weight is 825 g/mol. The number of hydrogen-bond acceptors (Lipinski definition) is 14. The van der Waals surface area contributed by atoms with Gasteiger partial charge in [-0.05, 0) is 27.2 Å². The maximum atomic E-state index is 11.9. The Kier molecular flexibility index (Phi) is 44.5. The summed E-state index contributed by atoms with van der Waals surface area (Å²) in [5, 5.41) is 0. The molecule has 0 aromatic carbocycles. The first-order valence-corrected chi connectivity index (χ1v) is 22.0. The highest BCUT2D eigenvalue weighted by Crippen LogP contribution is 2.13. The molecule has 0 saturated carbocycles. The summed E-state index contributed by atoms with van der Waals surface area (Å²) in [4.78, 5) is 23.5. The van der Waals surface area contributed by atoms with E-state index in [4.69, 9.17) is 56.8 Å². The van der Waals surface area contributed by atoms with Gasteiger partial charge in [-0.25, -0.2) is 0 Å². The number of ether oxygens (including phenoxy) is 12. The fourth-order valence-corrected chi connectivity index (χ4v) is 5.20. The van der Waals surface area contributed by atoms with Crippen LogP contribution >= 0.6 is 0 Å². The molecule has 0 heterocycles. The first-order chi connectivity index (χ1) is 27.8. The van der Waals surface area contributed by atoms with Gasteiger partial charge in [-0.3, -0.25) is 9.59 Å². The summed E-state index contributed by atoms with van der Waals surface area (Å²) in [7, 11) is 0. The maximum Gasteiger partial charge on any atom is 0.308 e. The second kappa shape index (κ2) is 45.6. The summed E-state index contributed by atoms with van der Waals surface area (Å²) in [6.07, 6.45) is 17.5. The van der Waals surface area contributed by atoms with Gasteiger partial charge in [-0.15, -0.1) is 0 Å². The van der Waals surface area contributed by atoms with E-state index in [1.807, 2.05) is 20.8 Å². The molecule has 0 bridgehead atoms. The van der Waals surface area contributed by atoms with E-state index >= 15 is 0 Å². The summed E-state index contributed by atoms with van der Waals surface area (Å²) < 4.78 is 65.2. The Balaban J connectivity index is 3.15. The lowest BCUT2D eigenvalue weighted by atomic mass is 10.0. The largest absolute Gasteiger partial charge is 0.463 e. The van der Waals surface area contributed by atoms with E-state index in [-0.39, 0.29) is 25.0 Å². The summed E-state index contributed by atoms with van der Waals surface area (Å²) in [5.41, 5.74) is -0.477. The minimum Gasteiger partial charge on any atom is -0.463 e. The fourth-order valence-electron chi connectivity index (χ4n) is 5.20. The number of rotatable bonds is 47. The summed E-state index contributed by atoms with van der Waals surface area (Å²) in [6.45, 7) is 17.3. The molecule has 0 aromatic rings. The first kappa shape index (κ1) is 55.5. The molecule has 14 nitrogen and oxygen atoms in total. The first-order valence-electron chi connectivity index (χ1n) is 22.0. The Labute approximate surface area is 346 Å². The molecule has 0 radical (unpaired) electrons. The van der Waals surface area contributed by atoms with Crippen molar-refractivity contribution in [1.29, 1.82) is 0 Å². The molecule has 0 spiro atoms. The van der Waals surface area contributed by atoms with Crippen LogP contribution in [0.5, 0.6) is 0 Å². The quantitative estimate of drug-likeness (QED) is 0.0463. The topological polar surface area (TPSA) is 145 Å². The van der Waals surface area contributed by atoms with E-state index in [9.17, 15) is 9.59 Å². The van der Waals surface area contributed by atoms with E-state index in [2.05, 4.69) is 6.92 Å². The lowest BCUT2D eigenvalue weighted by molar-refractivity contribution is -0.156. The molecule has 0 aliphatic heterocycles. The smallest absolute Gasteiger partial charge is 0.308 e. The van der Waals surface area contributed by atoms with Crippen LogP contribution in [0.2, 0.25) is 0 Å². The Morgan fingerprint density at radius 2 is 0.579 bits per heavy atom. The summed E-state index contributed by atoms with van der Waals surface area (Å²) in [5.74, 6) is -0.402. The SMILES string of the molecule is CCCCCCCCCCCCCCCC(=O)OCCOCCOCCOCCOCCOCCOCCOCCOCCOCCOCCC(=O)OC(C)(C)C. The maximum absolute atomic E-state index is 11.9. The van der Waals surface area contributed by atoms with E-state index in [0.29, 0.717) is 139 Å². The monoisotopic (exact) mass is 825 g/mol. The molecule has 0 fully saturated rings. The average Bonchev–Trinajstić information content (AvgIpc) is 3.17. The summed E-state index contributed by atoms with van der Waals surface area (Å²) in [6, 6.07) is 0. The molecule has 0 unspecified atom stereocenters. The van der Waals surface area contributed by atoms with Gasteiger partial charge in [0.2, 0.25) is 0 Å². The highest BCUT2D eigenvalue weighted by molar-refractivity contribution is 5.70. The van der Waals surface area contributed by atoms with Crippen molar-refractivity contribution in [1.82, 2.24) is 0 Å². The van der Waals surface area contributed by atoms with Crippen LogP contribution in [0.1, 0.15) is 124 Å². The van der Waals surface area contributed by atoms with Crippen molar-refractivity contribution >= 4 is 11.9 Å². The van der Waals surface area contributed by atoms with E-state index < -0.39 is 5.60 Å². The van der Waals surface area contributed by atoms with Crippen LogP contribution in [0.3, 0.4) is 0 Å². The summed E-state index contributed by atoms with van der Waals surface area (Å²) >= 11 is 0. The number of hydrogen-bond donors (Lipinski definition) is 0. The highest BCUT2D eigenvalue weighted by Gasteiger charge is 2.15. The lowest BCUT2D eigenvalue weighted by Gasteiger charge is -2.19. The molecule has 0 saturated heterocycles. The fraction of sp³-hybridized carbons (Fsp3) is 0.953. The Hall–Kier alpha value is -1.46. The molecule has 0 N–H and O–H groups in total.